The molecule has 0 aliphatic rings. The molecule has 84 valence electrons. The summed E-state index contributed by atoms with van der Waals surface area (Å²) in [6.07, 6.45) is 0. The van der Waals surface area contributed by atoms with Crippen molar-refractivity contribution >= 4 is 22.6 Å². The monoisotopic (exact) mass is 246 g/mol. The van der Waals surface area contributed by atoms with Gasteiger partial charge in [0, 0.05) is 10.9 Å². The molecule has 0 atom stereocenters. The average molecular weight is 247 g/mol. The van der Waals surface area contributed by atoms with Crippen molar-refractivity contribution in [2.75, 3.05) is 0 Å². The van der Waals surface area contributed by atoms with Crippen LogP contribution in [0.2, 0.25) is 5.02 Å². The maximum absolute atomic E-state index is 13.5. The van der Waals surface area contributed by atoms with Gasteiger partial charge >= 0.3 is 0 Å². The summed E-state index contributed by atoms with van der Waals surface area (Å²) >= 11 is 6.00. The quantitative estimate of drug-likeness (QED) is 0.596. The van der Waals surface area contributed by atoms with Crippen molar-refractivity contribution < 1.29 is 8.81 Å². The molecule has 3 aromatic rings. The molecular formula is C14H8ClFO. The number of furan rings is 1. The number of hydrogen-bond acceptors (Lipinski definition) is 1. The van der Waals surface area contributed by atoms with Crippen LogP contribution in [0.4, 0.5) is 4.39 Å². The van der Waals surface area contributed by atoms with Crippen molar-refractivity contribution in [1.82, 2.24) is 0 Å². The standard InChI is InChI=1S/C14H8ClFO/c15-11-6-7-12(16)14-10(11)8-13(17-14)9-4-2-1-3-5-9/h1-8H. The fourth-order valence-electron chi connectivity index (χ4n) is 1.80. The van der Waals surface area contributed by atoms with E-state index >= 15 is 0 Å². The molecule has 0 spiro atoms. The molecule has 3 heteroatoms. The van der Waals surface area contributed by atoms with E-state index in [-0.39, 0.29) is 5.58 Å². The Morgan fingerprint density at radius 2 is 1.76 bits per heavy atom. The molecule has 0 aliphatic heterocycles. The van der Waals surface area contributed by atoms with Gasteiger partial charge in [-0.3, -0.25) is 0 Å². The zero-order chi connectivity index (χ0) is 11.8. The first-order valence-electron chi connectivity index (χ1n) is 5.18. The lowest BCUT2D eigenvalue weighted by Crippen LogP contribution is -1.73. The summed E-state index contributed by atoms with van der Waals surface area (Å²) in [5.74, 6) is 0.221. The topological polar surface area (TPSA) is 13.1 Å². The Balaban J connectivity index is 2.27. The van der Waals surface area contributed by atoms with E-state index in [1.54, 1.807) is 6.07 Å². The lowest BCUT2D eigenvalue weighted by Gasteiger charge is -1.94. The summed E-state index contributed by atoms with van der Waals surface area (Å²) in [5.41, 5.74) is 1.11. The number of benzene rings is 2. The molecule has 0 saturated carbocycles. The number of halogens is 2. The highest BCUT2D eigenvalue weighted by Gasteiger charge is 2.12. The molecule has 0 radical (unpaired) electrons. The zero-order valence-electron chi connectivity index (χ0n) is 8.78. The Morgan fingerprint density at radius 1 is 1.00 bits per heavy atom. The van der Waals surface area contributed by atoms with E-state index in [1.807, 2.05) is 30.3 Å². The van der Waals surface area contributed by atoms with Crippen molar-refractivity contribution in [3.05, 3.63) is 59.4 Å². The zero-order valence-corrected chi connectivity index (χ0v) is 9.54. The van der Waals surface area contributed by atoms with E-state index in [0.717, 1.165) is 5.56 Å². The number of hydrogen-bond donors (Lipinski definition) is 0. The minimum Gasteiger partial charge on any atom is -0.453 e. The molecule has 3 rings (SSSR count). The molecule has 0 unspecified atom stereocenters. The molecule has 2 aromatic carbocycles. The van der Waals surface area contributed by atoms with Gasteiger partial charge in [0.05, 0.1) is 5.02 Å². The highest BCUT2D eigenvalue weighted by Crippen LogP contribution is 2.33. The maximum Gasteiger partial charge on any atom is 0.171 e. The average Bonchev–Trinajstić information content (AvgIpc) is 2.81. The van der Waals surface area contributed by atoms with E-state index in [1.165, 1.54) is 12.1 Å². The minimum absolute atomic E-state index is 0.205. The van der Waals surface area contributed by atoms with E-state index in [2.05, 4.69) is 0 Å². The van der Waals surface area contributed by atoms with Crippen LogP contribution in [0.5, 0.6) is 0 Å². The predicted molar refractivity (Wildman–Crippen MR) is 66.6 cm³/mol. The van der Waals surface area contributed by atoms with Crippen LogP contribution in [0, 0.1) is 5.82 Å². The summed E-state index contributed by atoms with van der Waals surface area (Å²) in [5, 5.41) is 1.10. The molecule has 0 aliphatic carbocycles. The third-order valence-corrected chi connectivity index (χ3v) is 2.97. The Labute approximate surface area is 102 Å². The molecule has 0 N–H and O–H groups in total. The molecular weight excluding hydrogens is 239 g/mol. The summed E-state index contributed by atoms with van der Waals surface area (Å²) in [7, 11) is 0. The highest BCUT2D eigenvalue weighted by molar-refractivity contribution is 6.35. The normalized spacial score (nSPS) is 10.9. The summed E-state index contributed by atoms with van der Waals surface area (Å²) < 4.78 is 19.0. The van der Waals surface area contributed by atoms with E-state index in [9.17, 15) is 4.39 Å². The van der Waals surface area contributed by atoms with Gasteiger partial charge in [-0.05, 0) is 18.2 Å². The van der Waals surface area contributed by atoms with Crippen LogP contribution in [0.3, 0.4) is 0 Å². The molecule has 1 heterocycles. The lowest BCUT2D eigenvalue weighted by atomic mass is 10.1. The number of rotatable bonds is 1. The molecule has 17 heavy (non-hydrogen) atoms. The van der Waals surface area contributed by atoms with Crippen LogP contribution in [0.25, 0.3) is 22.3 Å². The fraction of sp³-hybridized carbons (Fsp3) is 0. The van der Waals surface area contributed by atoms with E-state index in [4.69, 9.17) is 16.0 Å². The van der Waals surface area contributed by atoms with Crippen molar-refractivity contribution in [3.8, 4) is 11.3 Å². The van der Waals surface area contributed by atoms with Crippen molar-refractivity contribution in [3.63, 3.8) is 0 Å². The van der Waals surface area contributed by atoms with Gasteiger partial charge in [-0.25, -0.2) is 4.39 Å². The summed E-state index contributed by atoms with van der Waals surface area (Å²) in [6, 6.07) is 14.1. The van der Waals surface area contributed by atoms with Crippen molar-refractivity contribution in [2.24, 2.45) is 0 Å². The molecule has 0 saturated heterocycles. The molecule has 0 amide bonds. The second-order valence-corrected chi connectivity index (χ2v) is 4.16. The first-order chi connectivity index (χ1) is 8.25. The minimum atomic E-state index is -0.397. The molecule has 1 nitrogen and oxygen atoms in total. The summed E-state index contributed by atoms with van der Waals surface area (Å²) in [4.78, 5) is 0. The van der Waals surface area contributed by atoms with Crippen LogP contribution in [-0.4, -0.2) is 0 Å². The molecule has 0 bridgehead atoms. The Hall–Kier alpha value is -1.80. The first kappa shape index (κ1) is 10.4. The SMILES string of the molecule is Fc1ccc(Cl)c2cc(-c3ccccc3)oc12. The van der Waals surface area contributed by atoms with Crippen LogP contribution < -0.4 is 0 Å². The van der Waals surface area contributed by atoms with E-state index in [0.29, 0.717) is 16.2 Å². The van der Waals surface area contributed by atoms with Gasteiger partial charge in [-0.2, -0.15) is 0 Å². The number of fused-ring (bicyclic) bond motifs is 1. The maximum atomic E-state index is 13.5. The second kappa shape index (κ2) is 3.90. The molecule has 1 aromatic heterocycles. The Bertz CT molecular complexity index is 634. The van der Waals surface area contributed by atoms with Crippen LogP contribution in [-0.2, 0) is 0 Å². The molecule has 0 fully saturated rings. The van der Waals surface area contributed by atoms with Crippen molar-refractivity contribution in [1.29, 1.82) is 0 Å². The van der Waals surface area contributed by atoms with Gasteiger partial charge in [0.2, 0.25) is 0 Å². The van der Waals surface area contributed by atoms with Gasteiger partial charge in [0.15, 0.2) is 11.4 Å². The van der Waals surface area contributed by atoms with Crippen LogP contribution in [0.15, 0.2) is 52.9 Å². The van der Waals surface area contributed by atoms with Gasteiger partial charge in [-0.15, -0.1) is 0 Å². The highest BCUT2D eigenvalue weighted by atomic mass is 35.5. The van der Waals surface area contributed by atoms with Gasteiger partial charge in [-0.1, -0.05) is 41.9 Å². The second-order valence-electron chi connectivity index (χ2n) is 3.75. The Morgan fingerprint density at radius 3 is 2.47 bits per heavy atom. The first-order valence-corrected chi connectivity index (χ1v) is 5.56. The largest absolute Gasteiger partial charge is 0.453 e. The van der Waals surface area contributed by atoms with E-state index < -0.39 is 5.82 Å². The van der Waals surface area contributed by atoms with Crippen LogP contribution in [0.1, 0.15) is 0 Å². The third kappa shape index (κ3) is 1.71. The fourth-order valence-corrected chi connectivity index (χ4v) is 2.01. The van der Waals surface area contributed by atoms with Gasteiger partial charge < -0.3 is 4.42 Å². The van der Waals surface area contributed by atoms with Gasteiger partial charge in [0.25, 0.3) is 0 Å². The third-order valence-electron chi connectivity index (χ3n) is 2.64. The van der Waals surface area contributed by atoms with Crippen molar-refractivity contribution in [2.45, 2.75) is 0 Å². The summed E-state index contributed by atoms with van der Waals surface area (Å²) in [6.45, 7) is 0. The lowest BCUT2D eigenvalue weighted by molar-refractivity contribution is 0.569. The van der Waals surface area contributed by atoms with Crippen LogP contribution >= 0.6 is 11.6 Å². The predicted octanol–water partition coefficient (Wildman–Crippen LogP) is 4.89. The van der Waals surface area contributed by atoms with Gasteiger partial charge in [0.1, 0.15) is 5.76 Å². The smallest absolute Gasteiger partial charge is 0.171 e. The Kier molecular flexibility index (Phi) is 2.37.